The second-order valence-corrected chi connectivity index (χ2v) is 8.43. The minimum absolute atomic E-state index is 0.309. The van der Waals surface area contributed by atoms with Crippen molar-refractivity contribution in [3.8, 4) is 0 Å². The molecule has 1 aliphatic rings. The molecule has 0 bridgehead atoms. The van der Waals surface area contributed by atoms with Gasteiger partial charge in [-0.2, -0.15) is 10.1 Å². The Morgan fingerprint density at radius 1 is 1.00 bits per heavy atom. The summed E-state index contributed by atoms with van der Waals surface area (Å²) >= 11 is 12.5. The fourth-order valence-corrected chi connectivity index (χ4v) is 4.32. The molecule has 0 N–H and O–H groups in total. The van der Waals surface area contributed by atoms with Crippen LogP contribution in [0.15, 0.2) is 63.2 Å². The molecule has 0 unspecified atom stereocenters. The maximum absolute atomic E-state index is 13.0. The van der Waals surface area contributed by atoms with Crippen molar-refractivity contribution in [2.45, 2.75) is 13.1 Å². The van der Waals surface area contributed by atoms with Crippen LogP contribution in [0.2, 0.25) is 10.0 Å². The minimum Gasteiger partial charge on any atom is -0.297 e. The van der Waals surface area contributed by atoms with Crippen molar-refractivity contribution in [2.75, 3.05) is 5.01 Å². The topological polar surface area (TPSA) is 77.4 Å². The van der Waals surface area contributed by atoms with E-state index in [2.05, 4.69) is 4.98 Å². The lowest BCUT2D eigenvalue weighted by atomic mass is 10.1. The van der Waals surface area contributed by atoms with Gasteiger partial charge >= 0.3 is 5.69 Å². The molecule has 0 aliphatic carbocycles. The minimum atomic E-state index is -0.436. The Morgan fingerprint density at radius 2 is 1.75 bits per heavy atom. The third kappa shape index (κ3) is 3.23. The summed E-state index contributed by atoms with van der Waals surface area (Å²) in [5, 5.41) is 7.57. The van der Waals surface area contributed by atoms with E-state index in [4.69, 9.17) is 28.3 Å². The Labute approximate surface area is 192 Å². The van der Waals surface area contributed by atoms with Gasteiger partial charge in [0.05, 0.1) is 18.8 Å². The zero-order valence-corrected chi connectivity index (χ0v) is 18.8. The van der Waals surface area contributed by atoms with E-state index >= 15 is 0 Å². The fourth-order valence-electron chi connectivity index (χ4n) is 3.85. The molecule has 0 saturated heterocycles. The molecule has 162 valence electrons. The highest BCUT2D eigenvalue weighted by molar-refractivity contribution is 6.35. The summed E-state index contributed by atoms with van der Waals surface area (Å²) in [4.78, 5) is 30.1. The summed E-state index contributed by atoms with van der Waals surface area (Å²) in [7, 11) is 3.06. The standard InChI is InChI=1S/C22H18Cl2N6O2/c1-27-19-18(20(31)28(2)22(27)32)29-12-17(13-6-4-3-5-7-13)26-30(21(29)25-19)11-14-8-9-15(23)10-16(14)24/h3-10H,11-12H2,1-2H3. The molecule has 0 radical (unpaired) electrons. The summed E-state index contributed by atoms with van der Waals surface area (Å²) in [6.45, 7) is 0.651. The number of rotatable bonds is 3. The molecule has 0 saturated carbocycles. The molecule has 32 heavy (non-hydrogen) atoms. The highest BCUT2D eigenvalue weighted by Gasteiger charge is 2.28. The van der Waals surface area contributed by atoms with Crippen LogP contribution in [-0.4, -0.2) is 24.4 Å². The van der Waals surface area contributed by atoms with Gasteiger partial charge < -0.3 is 0 Å². The molecule has 8 nitrogen and oxygen atoms in total. The molecular formula is C22H18Cl2N6O2. The van der Waals surface area contributed by atoms with Gasteiger partial charge in [0.25, 0.3) is 5.56 Å². The highest BCUT2D eigenvalue weighted by Crippen LogP contribution is 2.29. The van der Waals surface area contributed by atoms with Crippen LogP contribution < -0.4 is 16.3 Å². The number of imidazole rings is 1. The number of aryl methyl sites for hydroxylation is 1. The molecule has 10 heteroatoms. The summed E-state index contributed by atoms with van der Waals surface area (Å²) in [6, 6.07) is 15.0. The first-order chi connectivity index (χ1) is 15.3. The van der Waals surface area contributed by atoms with Gasteiger partial charge in [-0.15, -0.1) is 0 Å². The largest absolute Gasteiger partial charge is 0.332 e. The molecule has 2 aromatic carbocycles. The van der Waals surface area contributed by atoms with Crippen molar-refractivity contribution in [3.63, 3.8) is 0 Å². The van der Waals surface area contributed by atoms with Crippen molar-refractivity contribution >= 4 is 46.0 Å². The molecule has 2 aromatic heterocycles. The number of aromatic nitrogens is 4. The van der Waals surface area contributed by atoms with Gasteiger partial charge in [0, 0.05) is 24.1 Å². The quantitative estimate of drug-likeness (QED) is 0.462. The highest BCUT2D eigenvalue weighted by atomic mass is 35.5. The lowest BCUT2D eigenvalue weighted by Gasteiger charge is -2.26. The van der Waals surface area contributed by atoms with E-state index < -0.39 is 11.2 Å². The summed E-state index contributed by atoms with van der Waals surface area (Å²) in [5.74, 6) is 0.462. The fraction of sp³-hybridized carbons (Fsp3) is 0.182. The zero-order chi connectivity index (χ0) is 22.6. The van der Waals surface area contributed by atoms with Crippen LogP contribution in [0.5, 0.6) is 0 Å². The normalized spacial score (nSPS) is 13.4. The van der Waals surface area contributed by atoms with Gasteiger partial charge in [-0.3, -0.25) is 18.5 Å². The molecule has 4 aromatic rings. The summed E-state index contributed by atoms with van der Waals surface area (Å²) in [5.41, 5.74) is 2.31. The van der Waals surface area contributed by atoms with Crippen molar-refractivity contribution in [2.24, 2.45) is 19.2 Å². The maximum Gasteiger partial charge on any atom is 0.332 e. The average Bonchev–Trinajstić information content (AvgIpc) is 3.18. The molecule has 0 fully saturated rings. The summed E-state index contributed by atoms with van der Waals surface area (Å²) < 4.78 is 4.26. The van der Waals surface area contributed by atoms with Gasteiger partial charge in [0.2, 0.25) is 5.95 Å². The second kappa shape index (κ2) is 7.65. The van der Waals surface area contributed by atoms with E-state index in [-0.39, 0.29) is 0 Å². The Hall–Kier alpha value is -3.36. The number of halogens is 2. The SMILES string of the molecule is Cn1c(=O)c2c(nc3n2CC(c2ccccc2)=NN3Cc2ccc(Cl)cc2Cl)n(C)c1=O. The second-order valence-electron chi connectivity index (χ2n) is 7.58. The van der Waals surface area contributed by atoms with Crippen molar-refractivity contribution < 1.29 is 0 Å². The molecule has 1 aliphatic heterocycles. The molecule has 0 atom stereocenters. The van der Waals surface area contributed by atoms with E-state index in [0.29, 0.717) is 40.2 Å². The van der Waals surface area contributed by atoms with Crippen LogP contribution in [0.25, 0.3) is 11.2 Å². The van der Waals surface area contributed by atoms with Gasteiger partial charge in [-0.25, -0.2) is 9.80 Å². The van der Waals surface area contributed by atoms with Crippen LogP contribution in [0.1, 0.15) is 11.1 Å². The van der Waals surface area contributed by atoms with Crippen molar-refractivity contribution in [1.82, 2.24) is 18.7 Å². The number of anilines is 1. The predicted octanol–water partition coefficient (Wildman–Crippen LogP) is 3.17. The third-order valence-corrected chi connectivity index (χ3v) is 6.14. The smallest absolute Gasteiger partial charge is 0.297 e. The molecule has 3 heterocycles. The van der Waals surface area contributed by atoms with Gasteiger partial charge in [-0.1, -0.05) is 59.6 Å². The van der Waals surface area contributed by atoms with Gasteiger partial charge in [-0.05, 0) is 23.3 Å². The average molecular weight is 469 g/mol. The number of hydrazone groups is 1. The monoisotopic (exact) mass is 468 g/mol. The van der Waals surface area contributed by atoms with Crippen LogP contribution in [-0.2, 0) is 27.2 Å². The number of nitrogens with zero attached hydrogens (tertiary/aromatic N) is 6. The van der Waals surface area contributed by atoms with E-state index in [9.17, 15) is 9.59 Å². The Balaban J connectivity index is 1.74. The maximum atomic E-state index is 13.0. The number of hydrogen-bond donors (Lipinski definition) is 0. The lowest BCUT2D eigenvalue weighted by Crippen LogP contribution is -2.38. The third-order valence-electron chi connectivity index (χ3n) is 5.55. The summed E-state index contributed by atoms with van der Waals surface area (Å²) in [6.07, 6.45) is 0. The number of fused-ring (bicyclic) bond motifs is 3. The van der Waals surface area contributed by atoms with E-state index in [1.54, 1.807) is 28.8 Å². The molecule has 5 rings (SSSR count). The molecule has 0 spiro atoms. The van der Waals surface area contributed by atoms with Crippen LogP contribution in [0.3, 0.4) is 0 Å². The first-order valence-electron chi connectivity index (χ1n) is 9.85. The Bertz CT molecular complexity index is 1520. The van der Waals surface area contributed by atoms with Crippen molar-refractivity contribution in [3.05, 3.63) is 90.5 Å². The van der Waals surface area contributed by atoms with Crippen LogP contribution in [0, 0.1) is 0 Å². The van der Waals surface area contributed by atoms with Crippen LogP contribution in [0.4, 0.5) is 5.95 Å². The number of benzene rings is 2. The van der Waals surface area contributed by atoms with Gasteiger partial charge in [0.1, 0.15) is 0 Å². The van der Waals surface area contributed by atoms with E-state index in [1.807, 2.05) is 36.4 Å². The van der Waals surface area contributed by atoms with E-state index in [0.717, 1.165) is 21.4 Å². The first kappa shape index (κ1) is 20.5. The molecule has 0 amide bonds. The lowest BCUT2D eigenvalue weighted by molar-refractivity contribution is 0.699. The van der Waals surface area contributed by atoms with Crippen molar-refractivity contribution in [1.29, 1.82) is 0 Å². The zero-order valence-electron chi connectivity index (χ0n) is 17.3. The van der Waals surface area contributed by atoms with Gasteiger partial charge in [0.15, 0.2) is 11.2 Å². The Morgan fingerprint density at radius 3 is 2.47 bits per heavy atom. The van der Waals surface area contributed by atoms with E-state index in [1.165, 1.54) is 11.6 Å². The van der Waals surface area contributed by atoms with Crippen LogP contribution >= 0.6 is 23.2 Å². The number of hydrogen-bond acceptors (Lipinski definition) is 5. The first-order valence-corrected chi connectivity index (χ1v) is 10.6. The predicted molar refractivity (Wildman–Crippen MR) is 126 cm³/mol. The Kier molecular flexibility index (Phi) is 4.91. The molecular weight excluding hydrogens is 451 g/mol.